The molecule has 5 rings (SSSR count). The van der Waals surface area contributed by atoms with Crippen molar-refractivity contribution in [1.82, 2.24) is 0 Å². The number of benzene rings is 1. The van der Waals surface area contributed by atoms with Crippen molar-refractivity contribution in [2.75, 3.05) is 24.5 Å². The average molecular weight is 582 g/mol. The molecule has 0 atom stereocenters. The van der Waals surface area contributed by atoms with Gasteiger partial charge in [-0.25, -0.2) is 9.37 Å². The van der Waals surface area contributed by atoms with E-state index in [4.69, 9.17) is 9.15 Å². The van der Waals surface area contributed by atoms with Gasteiger partial charge in [0.15, 0.2) is 5.71 Å². The molecule has 0 saturated heterocycles. The van der Waals surface area contributed by atoms with Gasteiger partial charge in [-0.2, -0.15) is 0 Å². The molecule has 0 unspecified atom stereocenters. The van der Waals surface area contributed by atoms with Crippen LogP contribution >= 0.6 is 0 Å². The lowest BCUT2D eigenvalue weighted by Crippen LogP contribution is -2.45. The van der Waals surface area contributed by atoms with Crippen molar-refractivity contribution >= 4 is 40.8 Å². The van der Waals surface area contributed by atoms with Gasteiger partial charge in [-0.1, -0.05) is 32.9 Å². The lowest BCUT2D eigenvalue weighted by molar-refractivity contribution is -0.520. The lowest BCUT2D eigenvalue weighted by atomic mass is 9.85. The van der Waals surface area contributed by atoms with E-state index in [0.29, 0.717) is 17.4 Å². The minimum absolute atomic E-state index is 0.0752. The molecule has 6 heteroatoms. The Morgan fingerprint density at radius 1 is 1.07 bits per heavy atom. The first-order chi connectivity index (χ1) is 20.3. The van der Waals surface area contributed by atoms with E-state index in [-0.39, 0.29) is 21.9 Å². The monoisotopic (exact) mass is 581 g/mol. The zero-order chi connectivity index (χ0) is 31.3. The molecule has 0 spiro atoms. The Hall–Kier alpha value is -4.06. The van der Waals surface area contributed by atoms with Gasteiger partial charge in [-0.05, 0) is 83.1 Å². The highest BCUT2D eigenvalue weighted by atomic mass is 16.5. The molecule has 1 N–H and O–H groups in total. The fourth-order valence-electron chi connectivity index (χ4n) is 6.38. The number of rotatable bonds is 4. The highest BCUT2D eigenvalue weighted by molar-refractivity contribution is 5.99. The molecule has 1 aromatic carbocycles. The van der Waals surface area contributed by atoms with Gasteiger partial charge in [-0.3, -0.25) is 0 Å². The largest absolute Gasteiger partial charge is 0.506 e. The summed E-state index contributed by atoms with van der Waals surface area (Å²) >= 11 is 0. The van der Waals surface area contributed by atoms with E-state index in [2.05, 4.69) is 90.0 Å². The van der Waals surface area contributed by atoms with Gasteiger partial charge in [0.25, 0.3) is 0 Å². The third-order valence-corrected chi connectivity index (χ3v) is 8.69. The Balaban J connectivity index is 1.70. The zero-order valence-electron chi connectivity index (χ0n) is 27.1. The summed E-state index contributed by atoms with van der Waals surface area (Å²) in [6.45, 7) is 22.0. The number of likely N-dealkylation sites (N-methyl/N-ethyl adjacent to an activating group) is 1. The number of fused-ring (bicyclic) bond motifs is 3. The molecule has 3 heterocycles. The molecule has 3 aliphatic rings. The maximum atomic E-state index is 13.2. The van der Waals surface area contributed by atoms with Crippen LogP contribution in [0.25, 0.3) is 29.4 Å². The van der Waals surface area contributed by atoms with Gasteiger partial charge in [0.1, 0.15) is 41.0 Å². The van der Waals surface area contributed by atoms with Crippen LogP contribution in [0.5, 0.6) is 11.5 Å². The minimum Gasteiger partial charge on any atom is -0.506 e. The van der Waals surface area contributed by atoms with Crippen LogP contribution in [0.2, 0.25) is 0 Å². The summed E-state index contributed by atoms with van der Waals surface area (Å²) in [6.07, 6.45) is 14.3. The molecule has 0 amide bonds. The van der Waals surface area contributed by atoms with E-state index < -0.39 is 5.63 Å². The number of nitrogens with zero attached hydrogens (tertiary/aromatic N) is 2. The van der Waals surface area contributed by atoms with Gasteiger partial charge in [0.05, 0.1) is 17.5 Å². The molecule has 0 fully saturated rings. The summed E-state index contributed by atoms with van der Waals surface area (Å²) in [5, 5.41) is 11.4. The normalized spacial score (nSPS) is 18.6. The SMILES string of the molecule is CCN1c2cc3c(cc2C(C)=CC1(C)C)/C(=C/C=c1/c(O)c2c(oc1=O)=CCC(=[N+](CC)CC)C=C2)C=C(C(C)(C)C)O3. The predicted octanol–water partition coefficient (Wildman–Crippen LogP) is 6.24. The molecular weight excluding hydrogens is 536 g/mol. The van der Waals surface area contributed by atoms with Crippen LogP contribution in [0, 0.1) is 5.41 Å². The third-order valence-electron chi connectivity index (χ3n) is 8.69. The number of hydrogen-bond acceptors (Lipinski definition) is 5. The molecule has 0 radical (unpaired) electrons. The van der Waals surface area contributed by atoms with Crippen molar-refractivity contribution in [2.24, 2.45) is 5.41 Å². The highest BCUT2D eigenvalue weighted by Gasteiger charge is 2.33. The van der Waals surface area contributed by atoms with E-state index in [1.807, 2.05) is 30.4 Å². The van der Waals surface area contributed by atoms with Crippen molar-refractivity contribution in [1.29, 1.82) is 0 Å². The fraction of sp³-hybridized carbons (Fsp3) is 0.405. The van der Waals surface area contributed by atoms with Crippen molar-refractivity contribution in [3.05, 3.63) is 79.9 Å². The maximum absolute atomic E-state index is 13.2. The Kier molecular flexibility index (Phi) is 7.93. The van der Waals surface area contributed by atoms with Crippen LogP contribution in [-0.2, 0) is 0 Å². The Labute approximate surface area is 255 Å². The van der Waals surface area contributed by atoms with Crippen molar-refractivity contribution < 1.29 is 18.8 Å². The Morgan fingerprint density at radius 3 is 2.44 bits per heavy atom. The van der Waals surface area contributed by atoms with Crippen molar-refractivity contribution in [2.45, 2.75) is 74.3 Å². The van der Waals surface area contributed by atoms with Crippen LogP contribution < -0.4 is 25.9 Å². The molecule has 2 aliphatic heterocycles. The summed E-state index contributed by atoms with van der Waals surface area (Å²) in [6, 6.07) is 4.34. The third kappa shape index (κ3) is 5.55. The van der Waals surface area contributed by atoms with Crippen LogP contribution in [0.1, 0.15) is 85.4 Å². The van der Waals surface area contributed by atoms with Gasteiger partial charge in [0, 0.05) is 40.9 Å². The molecule has 0 bridgehead atoms. The first-order valence-corrected chi connectivity index (χ1v) is 15.4. The highest BCUT2D eigenvalue weighted by Crippen LogP contribution is 2.47. The van der Waals surface area contributed by atoms with E-state index >= 15 is 0 Å². The topological polar surface area (TPSA) is 65.9 Å². The first kappa shape index (κ1) is 30.4. The maximum Gasteiger partial charge on any atom is 0.347 e. The Bertz CT molecular complexity index is 1820. The van der Waals surface area contributed by atoms with Gasteiger partial charge in [-0.15, -0.1) is 0 Å². The number of aromatic hydroxyl groups is 1. The van der Waals surface area contributed by atoms with Gasteiger partial charge >= 0.3 is 5.63 Å². The molecule has 2 aromatic rings. The molecule has 0 saturated carbocycles. The molecular formula is C37H45N2O4+. The van der Waals surface area contributed by atoms with Crippen LogP contribution in [-0.4, -0.2) is 40.6 Å². The number of anilines is 1. The zero-order valence-corrected chi connectivity index (χ0v) is 27.1. The molecule has 1 aliphatic carbocycles. The standard InChI is InChI=1S/C37H44N2O4/c1-10-38(11-2)25-14-17-26-31(18-15-25)43-35(41)27(34(26)40)16-13-24-19-33(36(5,6)7)42-32-21-30-28(20-29(24)32)23(4)22-37(8,9)39(30)12-3/h13-14,16-22H,10-12,15H2,1-9H3/p+1/b24-13+,27-16-. The minimum atomic E-state index is -0.568. The quantitative estimate of drug-likeness (QED) is 0.433. The van der Waals surface area contributed by atoms with Gasteiger partial charge < -0.3 is 19.2 Å². The average Bonchev–Trinajstić information content (AvgIpc) is 3.14. The molecule has 6 nitrogen and oxygen atoms in total. The molecule has 43 heavy (non-hydrogen) atoms. The second-order valence-corrected chi connectivity index (χ2v) is 13.1. The van der Waals surface area contributed by atoms with Crippen molar-refractivity contribution in [3.8, 4) is 11.5 Å². The number of hydrogen-bond donors (Lipinski definition) is 1. The molecule has 226 valence electrons. The van der Waals surface area contributed by atoms with E-state index in [1.165, 1.54) is 5.57 Å². The smallest absolute Gasteiger partial charge is 0.347 e. The molecule has 1 aromatic heterocycles. The van der Waals surface area contributed by atoms with E-state index in [0.717, 1.165) is 59.2 Å². The Morgan fingerprint density at radius 2 is 1.79 bits per heavy atom. The summed E-state index contributed by atoms with van der Waals surface area (Å²) in [5.74, 6) is 1.54. The van der Waals surface area contributed by atoms with E-state index in [9.17, 15) is 9.90 Å². The fourth-order valence-corrected chi connectivity index (χ4v) is 6.38. The lowest BCUT2D eigenvalue weighted by Gasteiger charge is -2.43. The summed E-state index contributed by atoms with van der Waals surface area (Å²) < 4.78 is 14.5. The van der Waals surface area contributed by atoms with Gasteiger partial charge in [0.2, 0.25) is 0 Å². The predicted molar refractivity (Wildman–Crippen MR) is 178 cm³/mol. The van der Waals surface area contributed by atoms with Crippen LogP contribution in [0.15, 0.2) is 51.4 Å². The second-order valence-electron chi connectivity index (χ2n) is 13.1. The van der Waals surface area contributed by atoms with E-state index in [1.54, 1.807) is 6.08 Å². The second kappa shape index (κ2) is 11.2. The van der Waals surface area contributed by atoms with Crippen LogP contribution in [0.4, 0.5) is 5.69 Å². The number of allylic oxidation sites excluding steroid dienone is 6. The summed E-state index contributed by atoms with van der Waals surface area (Å²) in [5.41, 5.74) is 6.49. The van der Waals surface area contributed by atoms with Crippen molar-refractivity contribution in [3.63, 3.8) is 0 Å². The number of ether oxygens (including phenoxy) is 1. The first-order valence-electron chi connectivity index (χ1n) is 15.4. The summed E-state index contributed by atoms with van der Waals surface area (Å²) in [7, 11) is 0. The summed E-state index contributed by atoms with van der Waals surface area (Å²) in [4.78, 5) is 15.6. The van der Waals surface area contributed by atoms with Crippen LogP contribution in [0.3, 0.4) is 0 Å².